The zero-order valence-corrected chi connectivity index (χ0v) is 15.3. The summed E-state index contributed by atoms with van der Waals surface area (Å²) in [5.41, 5.74) is 11.2. The molecule has 3 nitrogen and oxygen atoms in total. The Balaban J connectivity index is 2.23. The van der Waals surface area contributed by atoms with Crippen LogP contribution in [0, 0.1) is 13.8 Å². The summed E-state index contributed by atoms with van der Waals surface area (Å²) in [6, 6.07) is 12.8. The molecule has 0 aliphatic rings. The highest BCUT2D eigenvalue weighted by atomic mass is 16.5. The maximum atomic E-state index is 6.07. The fourth-order valence-corrected chi connectivity index (χ4v) is 3.04. The van der Waals surface area contributed by atoms with Crippen molar-refractivity contribution >= 4 is 0 Å². The highest BCUT2D eigenvalue weighted by Gasteiger charge is 2.14. The van der Waals surface area contributed by atoms with Gasteiger partial charge >= 0.3 is 0 Å². The summed E-state index contributed by atoms with van der Waals surface area (Å²) in [4.78, 5) is 0. The standard InChI is InChI=1S/C21H29NO2/c1-5-8-24-21-13-17(6-7-20(21)23-4)12-19(14-22)18-10-15(2)9-16(3)11-18/h6-7,9-11,13,19H,5,8,12,14,22H2,1-4H3. The van der Waals surface area contributed by atoms with Crippen LogP contribution in [0.15, 0.2) is 36.4 Å². The van der Waals surface area contributed by atoms with E-state index in [4.69, 9.17) is 15.2 Å². The van der Waals surface area contributed by atoms with Crippen molar-refractivity contribution in [2.24, 2.45) is 5.73 Å². The second-order valence-electron chi connectivity index (χ2n) is 6.39. The topological polar surface area (TPSA) is 44.5 Å². The van der Waals surface area contributed by atoms with Crippen molar-refractivity contribution in [3.05, 3.63) is 58.7 Å². The molecule has 0 fully saturated rings. The molecule has 0 aliphatic heterocycles. The minimum atomic E-state index is 0.302. The highest BCUT2D eigenvalue weighted by Crippen LogP contribution is 2.31. The Hall–Kier alpha value is -2.00. The first kappa shape index (κ1) is 18.3. The molecule has 2 N–H and O–H groups in total. The van der Waals surface area contributed by atoms with Crippen LogP contribution >= 0.6 is 0 Å². The molecule has 1 atom stereocenters. The first-order chi connectivity index (χ1) is 11.6. The average Bonchev–Trinajstić information content (AvgIpc) is 2.57. The molecule has 0 bridgehead atoms. The molecule has 0 aliphatic carbocycles. The minimum Gasteiger partial charge on any atom is -0.493 e. The first-order valence-electron chi connectivity index (χ1n) is 8.65. The van der Waals surface area contributed by atoms with Gasteiger partial charge in [0.1, 0.15) is 0 Å². The molecule has 3 heteroatoms. The van der Waals surface area contributed by atoms with Crippen LogP contribution < -0.4 is 15.2 Å². The maximum absolute atomic E-state index is 6.07. The molecule has 0 saturated heterocycles. The van der Waals surface area contributed by atoms with Gasteiger partial charge in [-0.1, -0.05) is 42.3 Å². The Morgan fingerprint density at radius 2 is 1.71 bits per heavy atom. The van der Waals surface area contributed by atoms with Crippen LogP contribution in [0.4, 0.5) is 0 Å². The zero-order chi connectivity index (χ0) is 17.5. The van der Waals surface area contributed by atoms with Gasteiger partial charge in [-0.25, -0.2) is 0 Å². The molecule has 0 spiro atoms. The highest BCUT2D eigenvalue weighted by molar-refractivity contribution is 5.44. The van der Waals surface area contributed by atoms with E-state index >= 15 is 0 Å². The second kappa shape index (κ2) is 8.74. The molecule has 0 saturated carbocycles. The Labute approximate surface area is 145 Å². The van der Waals surface area contributed by atoms with E-state index in [1.165, 1.54) is 22.3 Å². The molecule has 0 radical (unpaired) electrons. The number of benzene rings is 2. The van der Waals surface area contributed by atoms with Crippen LogP contribution in [0.2, 0.25) is 0 Å². The van der Waals surface area contributed by atoms with Gasteiger partial charge in [-0.15, -0.1) is 0 Å². The third-order valence-electron chi connectivity index (χ3n) is 4.17. The number of aryl methyl sites for hydroxylation is 2. The van der Waals surface area contributed by atoms with Crippen molar-refractivity contribution in [1.29, 1.82) is 0 Å². The van der Waals surface area contributed by atoms with Crippen LogP contribution in [0.5, 0.6) is 11.5 Å². The molecule has 2 aromatic rings. The smallest absolute Gasteiger partial charge is 0.161 e. The van der Waals surface area contributed by atoms with Gasteiger partial charge in [0.05, 0.1) is 13.7 Å². The van der Waals surface area contributed by atoms with Crippen LogP contribution in [0.25, 0.3) is 0 Å². The van der Waals surface area contributed by atoms with Crippen molar-refractivity contribution in [2.45, 2.75) is 39.5 Å². The first-order valence-corrected chi connectivity index (χ1v) is 8.65. The number of nitrogens with two attached hydrogens (primary N) is 1. The number of methoxy groups -OCH3 is 1. The van der Waals surface area contributed by atoms with Crippen molar-refractivity contribution in [1.82, 2.24) is 0 Å². The molecule has 0 aromatic heterocycles. The van der Waals surface area contributed by atoms with Gasteiger partial charge in [-0.05, 0) is 56.5 Å². The lowest BCUT2D eigenvalue weighted by atomic mass is 9.90. The average molecular weight is 327 g/mol. The molecule has 2 aromatic carbocycles. The quantitative estimate of drug-likeness (QED) is 0.782. The van der Waals surface area contributed by atoms with E-state index in [2.05, 4.69) is 51.1 Å². The Morgan fingerprint density at radius 3 is 2.29 bits per heavy atom. The van der Waals surface area contributed by atoms with Crippen LogP contribution in [0.1, 0.15) is 41.5 Å². The van der Waals surface area contributed by atoms with Crippen molar-refractivity contribution in [3.8, 4) is 11.5 Å². The fourth-order valence-electron chi connectivity index (χ4n) is 3.04. The van der Waals surface area contributed by atoms with Gasteiger partial charge in [-0.3, -0.25) is 0 Å². The predicted molar refractivity (Wildman–Crippen MR) is 100 cm³/mol. The third-order valence-corrected chi connectivity index (χ3v) is 4.17. The van der Waals surface area contributed by atoms with Gasteiger partial charge in [-0.2, -0.15) is 0 Å². The van der Waals surface area contributed by atoms with E-state index in [9.17, 15) is 0 Å². The number of ether oxygens (including phenoxy) is 2. The van der Waals surface area contributed by atoms with Gasteiger partial charge in [0.25, 0.3) is 0 Å². The lowest BCUT2D eigenvalue weighted by Crippen LogP contribution is -2.15. The summed E-state index contributed by atoms with van der Waals surface area (Å²) in [6.07, 6.45) is 1.87. The van der Waals surface area contributed by atoms with Gasteiger partial charge in [0.2, 0.25) is 0 Å². The Morgan fingerprint density at radius 1 is 1.00 bits per heavy atom. The van der Waals surface area contributed by atoms with Crippen LogP contribution in [0.3, 0.4) is 0 Å². The summed E-state index contributed by atoms with van der Waals surface area (Å²) in [5.74, 6) is 1.90. The third kappa shape index (κ3) is 4.75. The molecule has 0 amide bonds. The SMILES string of the molecule is CCCOc1cc(CC(CN)c2cc(C)cc(C)c2)ccc1OC. The molecule has 24 heavy (non-hydrogen) atoms. The molecule has 2 rings (SSSR count). The van der Waals surface area contributed by atoms with Crippen LogP contribution in [-0.2, 0) is 6.42 Å². The zero-order valence-electron chi connectivity index (χ0n) is 15.3. The van der Waals surface area contributed by atoms with E-state index in [1.807, 2.05) is 6.07 Å². The lowest BCUT2D eigenvalue weighted by Gasteiger charge is -2.18. The Kier molecular flexibility index (Phi) is 6.68. The second-order valence-corrected chi connectivity index (χ2v) is 6.39. The van der Waals surface area contributed by atoms with Crippen molar-refractivity contribution in [2.75, 3.05) is 20.3 Å². The van der Waals surface area contributed by atoms with Gasteiger partial charge < -0.3 is 15.2 Å². The van der Waals surface area contributed by atoms with Crippen LogP contribution in [-0.4, -0.2) is 20.3 Å². The minimum absolute atomic E-state index is 0.302. The predicted octanol–water partition coefficient (Wildman–Crippen LogP) is 4.39. The largest absolute Gasteiger partial charge is 0.493 e. The molecular weight excluding hydrogens is 298 g/mol. The number of hydrogen-bond acceptors (Lipinski definition) is 3. The lowest BCUT2D eigenvalue weighted by molar-refractivity contribution is 0.294. The summed E-state index contributed by atoms with van der Waals surface area (Å²) in [5, 5.41) is 0. The maximum Gasteiger partial charge on any atom is 0.161 e. The molecule has 1 unspecified atom stereocenters. The monoisotopic (exact) mass is 327 g/mol. The Bertz CT molecular complexity index is 647. The van der Waals surface area contributed by atoms with Crippen molar-refractivity contribution in [3.63, 3.8) is 0 Å². The van der Waals surface area contributed by atoms with Crippen molar-refractivity contribution < 1.29 is 9.47 Å². The summed E-state index contributed by atoms with van der Waals surface area (Å²) in [7, 11) is 1.67. The van der Waals surface area contributed by atoms with E-state index in [1.54, 1.807) is 7.11 Å². The molecule has 130 valence electrons. The summed E-state index contributed by atoms with van der Waals surface area (Å²) >= 11 is 0. The summed E-state index contributed by atoms with van der Waals surface area (Å²) < 4.78 is 11.2. The van der Waals surface area contributed by atoms with Gasteiger partial charge in [0, 0.05) is 5.92 Å². The van der Waals surface area contributed by atoms with E-state index in [0.29, 0.717) is 19.1 Å². The normalized spacial score (nSPS) is 12.0. The van der Waals surface area contributed by atoms with E-state index in [0.717, 1.165) is 24.3 Å². The number of rotatable bonds is 8. The summed E-state index contributed by atoms with van der Waals surface area (Å²) in [6.45, 7) is 7.68. The fraction of sp³-hybridized carbons (Fsp3) is 0.429. The van der Waals surface area contributed by atoms with E-state index < -0.39 is 0 Å². The number of hydrogen-bond donors (Lipinski definition) is 1. The molecular formula is C21H29NO2. The molecule has 0 heterocycles. The van der Waals surface area contributed by atoms with E-state index in [-0.39, 0.29) is 0 Å². The van der Waals surface area contributed by atoms with Gasteiger partial charge in [0.15, 0.2) is 11.5 Å².